The SMILES string of the molecule is COc1ccc(C2CCCN2CC(=O)NCc2ccc(OC)c(OC)c2)c(OC)c1. The van der Waals surface area contributed by atoms with Crippen molar-refractivity contribution in [3.8, 4) is 23.0 Å². The number of benzene rings is 2. The molecular weight excluding hydrogens is 384 g/mol. The van der Waals surface area contributed by atoms with Gasteiger partial charge in [-0.15, -0.1) is 0 Å². The number of nitrogens with one attached hydrogen (secondary N) is 1. The van der Waals surface area contributed by atoms with Crippen LogP contribution in [0, 0.1) is 0 Å². The zero-order chi connectivity index (χ0) is 21.5. The van der Waals surface area contributed by atoms with Gasteiger partial charge in [-0.2, -0.15) is 0 Å². The molecule has 1 atom stereocenters. The van der Waals surface area contributed by atoms with Crippen molar-refractivity contribution in [2.75, 3.05) is 41.5 Å². The van der Waals surface area contributed by atoms with E-state index in [0.29, 0.717) is 24.6 Å². The fourth-order valence-corrected chi connectivity index (χ4v) is 3.89. The summed E-state index contributed by atoms with van der Waals surface area (Å²) in [5.41, 5.74) is 2.04. The van der Waals surface area contributed by atoms with Crippen molar-refractivity contribution in [3.05, 3.63) is 47.5 Å². The molecule has 1 amide bonds. The van der Waals surface area contributed by atoms with E-state index in [1.165, 1.54) is 0 Å². The van der Waals surface area contributed by atoms with E-state index in [1.807, 2.05) is 36.4 Å². The summed E-state index contributed by atoms with van der Waals surface area (Å²) in [6.07, 6.45) is 2.04. The summed E-state index contributed by atoms with van der Waals surface area (Å²) in [7, 11) is 6.50. The third-order valence-electron chi connectivity index (χ3n) is 5.45. The van der Waals surface area contributed by atoms with Crippen LogP contribution < -0.4 is 24.3 Å². The second-order valence-electron chi connectivity index (χ2n) is 7.20. The molecule has 1 heterocycles. The Balaban J connectivity index is 1.62. The molecule has 7 heteroatoms. The molecule has 0 aliphatic carbocycles. The first kappa shape index (κ1) is 21.8. The molecule has 7 nitrogen and oxygen atoms in total. The number of methoxy groups -OCH3 is 4. The van der Waals surface area contributed by atoms with Gasteiger partial charge in [0.2, 0.25) is 5.91 Å². The predicted octanol–water partition coefficient (Wildman–Crippen LogP) is 3.17. The van der Waals surface area contributed by atoms with Crippen LogP contribution in [0.25, 0.3) is 0 Å². The van der Waals surface area contributed by atoms with Gasteiger partial charge in [0.1, 0.15) is 11.5 Å². The average molecular weight is 415 g/mol. The van der Waals surface area contributed by atoms with Crippen molar-refractivity contribution in [2.24, 2.45) is 0 Å². The number of amides is 1. The summed E-state index contributed by atoms with van der Waals surface area (Å²) in [6, 6.07) is 11.6. The van der Waals surface area contributed by atoms with Gasteiger partial charge in [-0.25, -0.2) is 0 Å². The number of rotatable bonds is 9. The topological polar surface area (TPSA) is 69.3 Å². The van der Waals surface area contributed by atoms with Crippen LogP contribution in [0.3, 0.4) is 0 Å². The first-order valence-electron chi connectivity index (χ1n) is 10.0. The molecule has 0 spiro atoms. The lowest BCUT2D eigenvalue weighted by molar-refractivity contribution is -0.122. The van der Waals surface area contributed by atoms with Crippen LogP contribution >= 0.6 is 0 Å². The lowest BCUT2D eigenvalue weighted by Crippen LogP contribution is -2.36. The molecule has 0 radical (unpaired) electrons. The maximum atomic E-state index is 12.6. The molecule has 2 aromatic rings. The van der Waals surface area contributed by atoms with E-state index in [9.17, 15) is 4.79 Å². The molecule has 1 saturated heterocycles. The fourth-order valence-electron chi connectivity index (χ4n) is 3.89. The van der Waals surface area contributed by atoms with Crippen molar-refractivity contribution in [2.45, 2.75) is 25.4 Å². The Labute approximate surface area is 177 Å². The number of hydrogen-bond acceptors (Lipinski definition) is 6. The maximum Gasteiger partial charge on any atom is 0.234 e. The number of carbonyl (C=O) groups excluding carboxylic acids is 1. The zero-order valence-electron chi connectivity index (χ0n) is 18.1. The molecule has 1 unspecified atom stereocenters. The van der Waals surface area contributed by atoms with Gasteiger partial charge in [-0.3, -0.25) is 9.69 Å². The second kappa shape index (κ2) is 10.2. The van der Waals surface area contributed by atoms with Crippen LogP contribution in [0.4, 0.5) is 0 Å². The Morgan fingerprint density at radius 2 is 1.73 bits per heavy atom. The Morgan fingerprint density at radius 3 is 2.43 bits per heavy atom. The zero-order valence-corrected chi connectivity index (χ0v) is 18.1. The van der Waals surface area contributed by atoms with Crippen molar-refractivity contribution >= 4 is 5.91 Å². The number of carbonyl (C=O) groups is 1. The summed E-state index contributed by atoms with van der Waals surface area (Å²) < 4.78 is 21.4. The van der Waals surface area contributed by atoms with E-state index < -0.39 is 0 Å². The molecule has 1 aliphatic rings. The minimum absolute atomic E-state index is 0.0100. The smallest absolute Gasteiger partial charge is 0.234 e. The largest absolute Gasteiger partial charge is 0.497 e. The normalized spacial score (nSPS) is 16.2. The molecule has 3 rings (SSSR count). The van der Waals surface area contributed by atoms with E-state index in [0.717, 1.165) is 42.0 Å². The highest BCUT2D eigenvalue weighted by atomic mass is 16.5. The Kier molecular flexibility index (Phi) is 7.41. The Hall–Kier alpha value is -2.93. The molecule has 162 valence electrons. The van der Waals surface area contributed by atoms with Crippen LogP contribution in [0.1, 0.15) is 30.0 Å². The first-order chi connectivity index (χ1) is 14.6. The van der Waals surface area contributed by atoms with Gasteiger partial charge in [0.25, 0.3) is 0 Å². The fraction of sp³-hybridized carbons (Fsp3) is 0.435. The molecule has 0 aromatic heterocycles. The van der Waals surface area contributed by atoms with Crippen molar-refractivity contribution in [1.29, 1.82) is 0 Å². The van der Waals surface area contributed by atoms with E-state index in [-0.39, 0.29) is 11.9 Å². The number of nitrogens with zero attached hydrogens (tertiary/aromatic N) is 1. The third-order valence-corrected chi connectivity index (χ3v) is 5.45. The van der Waals surface area contributed by atoms with Gasteiger partial charge >= 0.3 is 0 Å². The van der Waals surface area contributed by atoms with Crippen LogP contribution in [-0.4, -0.2) is 52.3 Å². The third kappa shape index (κ3) is 4.97. The van der Waals surface area contributed by atoms with E-state index in [2.05, 4.69) is 10.2 Å². The van der Waals surface area contributed by atoms with Crippen molar-refractivity contribution in [1.82, 2.24) is 10.2 Å². The minimum atomic E-state index is -0.0100. The van der Waals surface area contributed by atoms with Gasteiger partial charge < -0.3 is 24.3 Å². The summed E-state index contributed by atoms with van der Waals surface area (Å²) in [6.45, 7) is 1.65. The lowest BCUT2D eigenvalue weighted by Gasteiger charge is -2.26. The Morgan fingerprint density at radius 1 is 0.967 bits per heavy atom. The summed E-state index contributed by atoms with van der Waals surface area (Å²) in [5.74, 6) is 2.85. The Bertz CT molecular complexity index is 871. The maximum absolute atomic E-state index is 12.6. The van der Waals surface area contributed by atoms with Gasteiger partial charge in [0, 0.05) is 24.2 Å². The van der Waals surface area contributed by atoms with E-state index >= 15 is 0 Å². The molecular formula is C23H30N2O5. The highest BCUT2D eigenvalue weighted by molar-refractivity contribution is 5.78. The highest BCUT2D eigenvalue weighted by Gasteiger charge is 2.29. The van der Waals surface area contributed by atoms with Gasteiger partial charge in [-0.1, -0.05) is 12.1 Å². The van der Waals surface area contributed by atoms with Crippen molar-refractivity contribution in [3.63, 3.8) is 0 Å². The molecule has 30 heavy (non-hydrogen) atoms. The molecule has 1 aliphatic heterocycles. The van der Waals surface area contributed by atoms with E-state index in [1.54, 1.807) is 28.4 Å². The standard InChI is InChI=1S/C23H30N2O5/c1-27-17-8-9-18(21(13-17)29-3)19-6-5-11-25(19)15-23(26)24-14-16-7-10-20(28-2)22(12-16)30-4/h7-10,12-13,19H,5-6,11,14-15H2,1-4H3,(H,24,26). The number of likely N-dealkylation sites (tertiary alicyclic amines) is 1. The second-order valence-corrected chi connectivity index (χ2v) is 7.20. The number of hydrogen-bond donors (Lipinski definition) is 1. The quantitative estimate of drug-likeness (QED) is 0.680. The summed E-state index contributed by atoms with van der Waals surface area (Å²) in [5, 5.41) is 3.01. The van der Waals surface area contributed by atoms with Crippen LogP contribution in [-0.2, 0) is 11.3 Å². The van der Waals surface area contributed by atoms with Gasteiger partial charge in [0.05, 0.1) is 35.0 Å². The number of ether oxygens (including phenoxy) is 4. The first-order valence-corrected chi connectivity index (χ1v) is 10.0. The molecule has 1 N–H and O–H groups in total. The lowest BCUT2D eigenvalue weighted by atomic mass is 10.0. The molecule has 1 fully saturated rings. The highest BCUT2D eigenvalue weighted by Crippen LogP contribution is 2.38. The monoisotopic (exact) mass is 414 g/mol. The van der Waals surface area contributed by atoms with Gasteiger partial charge in [-0.05, 0) is 43.1 Å². The summed E-state index contributed by atoms with van der Waals surface area (Å²) in [4.78, 5) is 14.8. The molecule has 0 bridgehead atoms. The summed E-state index contributed by atoms with van der Waals surface area (Å²) >= 11 is 0. The van der Waals surface area contributed by atoms with E-state index in [4.69, 9.17) is 18.9 Å². The van der Waals surface area contributed by atoms with Crippen LogP contribution in [0.15, 0.2) is 36.4 Å². The average Bonchev–Trinajstić information content (AvgIpc) is 3.24. The van der Waals surface area contributed by atoms with Crippen LogP contribution in [0.5, 0.6) is 23.0 Å². The molecule has 0 saturated carbocycles. The predicted molar refractivity (Wildman–Crippen MR) is 114 cm³/mol. The minimum Gasteiger partial charge on any atom is -0.497 e. The van der Waals surface area contributed by atoms with Crippen molar-refractivity contribution < 1.29 is 23.7 Å². The molecule has 2 aromatic carbocycles. The van der Waals surface area contributed by atoms with Crippen LogP contribution in [0.2, 0.25) is 0 Å². The van der Waals surface area contributed by atoms with Gasteiger partial charge in [0.15, 0.2) is 11.5 Å².